The van der Waals surface area contributed by atoms with Crippen molar-refractivity contribution in [2.45, 2.75) is 25.2 Å². The summed E-state index contributed by atoms with van der Waals surface area (Å²) in [6.45, 7) is 0. The molecule has 114 valence electrons. The number of hydrogen-bond acceptors (Lipinski definition) is 5. The van der Waals surface area contributed by atoms with Crippen LogP contribution >= 0.6 is 11.6 Å². The van der Waals surface area contributed by atoms with Gasteiger partial charge >= 0.3 is 0 Å². The molecule has 1 saturated carbocycles. The highest BCUT2D eigenvalue weighted by atomic mass is 35.5. The summed E-state index contributed by atoms with van der Waals surface area (Å²) in [6, 6.07) is 9.36. The molecule has 0 spiro atoms. The van der Waals surface area contributed by atoms with Crippen molar-refractivity contribution in [3.05, 3.63) is 40.7 Å². The molecule has 1 aliphatic rings. The number of hydrogen-bond donors (Lipinski definition) is 1. The van der Waals surface area contributed by atoms with Crippen molar-refractivity contribution in [3.8, 4) is 28.9 Å². The van der Waals surface area contributed by atoms with Crippen molar-refractivity contribution >= 4 is 11.6 Å². The summed E-state index contributed by atoms with van der Waals surface area (Å²) in [5.41, 5.74) is 2.05. The molecule has 2 heterocycles. The predicted octanol–water partition coefficient (Wildman–Crippen LogP) is 3.92. The summed E-state index contributed by atoms with van der Waals surface area (Å²) in [6.07, 6.45) is 3.27. The van der Waals surface area contributed by atoms with Crippen LogP contribution in [0, 0.1) is 11.3 Å². The second kappa shape index (κ2) is 5.52. The summed E-state index contributed by atoms with van der Waals surface area (Å²) in [4.78, 5) is 4.58. The van der Waals surface area contributed by atoms with E-state index in [1.165, 1.54) is 6.42 Å². The molecule has 1 N–H and O–H groups in total. The third kappa shape index (κ3) is 2.39. The highest BCUT2D eigenvalue weighted by Crippen LogP contribution is 2.43. The minimum absolute atomic E-state index is 0.219. The van der Waals surface area contributed by atoms with E-state index in [4.69, 9.17) is 16.0 Å². The molecule has 0 saturated heterocycles. The number of H-pyrrole nitrogens is 1. The van der Waals surface area contributed by atoms with Gasteiger partial charge in [-0.2, -0.15) is 15.6 Å². The van der Waals surface area contributed by atoms with E-state index in [9.17, 15) is 5.26 Å². The summed E-state index contributed by atoms with van der Waals surface area (Å²) in [5, 5.41) is 20.2. The molecule has 1 aliphatic carbocycles. The van der Waals surface area contributed by atoms with E-state index >= 15 is 0 Å². The van der Waals surface area contributed by atoms with Gasteiger partial charge in [-0.1, -0.05) is 24.1 Å². The number of nitrogens with one attached hydrogen (secondary N) is 1. The second-order valence-electron chi connectivity index (χ2n) is 5.50. The Balaban J connectivity index is 1.86. The van der Waals surface area contributed by atoms with Crippen molar-refractivity contribution in [1.82, 2.24) is 20.4 Å². The minimum Gasteiger partial charge on any atom is -0.440 e. The Bertz CT molecular complexity index is 903. The van der Waals surface area contributed by atoms with Crippen LogP contribution < -0.4 is 0 Å². The molecule has 6 nitrogen and oxygen atoms in total. The number of rotatable bonds is 3. The van der Waals surface area contributed by atoms with Gasteiger partial charge in [-0.25, -0.2) is 4.98 Å². The van der Waals surface area contributed by atoms with E-state index in [2.05, 4.69) is 20.4 Å². The van der Waals surface area contributed by atoms with Crippen LogP contribution in [0.1, 0.15) is 36.6 Å². The standard InChI is InChI=1S/C16H12ClN5O/c17-11-6-2-5-10(7-11)16-19-14(13-12(8-18)20-22-21-13)15(23-16)9-3-1-4-9/h2,5-7,9H,1,3-4H2,(H,20,21,22). The number of benzene rings is 1. The summed E-state index contributed by atoms with van der Waals surface area (Å²) < 4.78 is 6.02. The number of aromatic nitrogens is 4. The number of halogens is 1. The van der Waals surface area contributed by atoms with Gasteiger partial charge in [-0.05, 0) is 31.0 Å². The Morgan fingerprint density at radius 1 is 1.26 bits per heavy atom. The van der Waals surface area contributed by atoms with Gasteiger partial charge in [0.15, 0.2) is 11.4 Å². The quantitative estimate of drug-likeness (QED) is 0.788. The van der Waals surface area contributed by atoms with Gasteiger partial charge in [0.05, 0.1) is 0 Å². The van der Waals surface area contributed by atoms with Crippen molar-refractivity contribution < 1.29 is 4.42 Å². The molecule has 2 aromatic heterocycles. The molecule has 23 heavy (non-hydrogen) atoms. The molecule has 0 amide bonds. The van der Waals surface area contributed by atoms with Crippen molar-refractivity contribution in [2.24, 2.45) is 0 Å². The Kier molecular flexibility index (Phi) is 3.36. The molecule has 0 radical (unpaired) electrons. The fourth-order valence-corrected chi connectivity index (χ4v) is 2.86. The zero-order chi connectivity index (χ0) is 15.8. The summed E-state index contributed by atoms with van der Waals surface area (Å²) >= 11 is 6.05. The molecule has 1 fully saturated rings. The van der Waals surface area contributed by atoms with Gasteiger partial charge in [-0.15, -0.1) is 5.10 Å². The highest BCUT2D eigenvalue weighted by Gasteiger charge is 2.31. The van der Waals surface area contributed by atoms with Crippen LogP contribution in [0.3, 0.4) is 0 Å². The first-order chi connectivity index (χ1) is 11.3. The Morgan fingerprint density at radius 3 is 2.83 bits per heavy atom. The highest BCUT2D eigenvalue weighted by molar-refractivity contribution is 6.30. The normalized spacial score (nSPS) is 14.4. The lowest BCUT2D eigenvalue weighted by Crippen LogP contribution is -2.09. The molecule has 0 aliphatic heterocycles. The summed E-state index contributed by atoms with van der Waals surface area (Å²) in [7, 11) is 0. The van der Waals surface area contributed by atoms with Crippen LogP contribution in [0.2, 0.25) is 5.02 Å². The van der Waals surface area contributed by atoms with Crippen LogP contribution in [0.4, 0.5) is 0 Å². The monoisotopic (exact) mass is 325 g/mol. The lowest BCUT2D eigenvalue weighted by Gasteiger charge is -2.23. The topological polar surface area (TPSA) is 91.4 Å². The van der Waals surface area contributed by atoms with E-state index in [1.807, 2.05) is 18.2 Å². The molecule has 0 unspecified atom stereocenters. The van der Waals surface area contributed by atoms with Crippen LogP contribution in [0.25, 0.3) is 22.8 Å². The Labute approximate surface area is 137 Å². The van der Waals surface area contributed by atoms with E-state index in [-0.39, 0.29) is 5.69 Å². The van der Waals surface area contributed by atoms with Crippen molar-refractivity contribution in [3.63, 3.8) is 0 Å². The average molecular weight is 326 g/mol. The maximum absolute atomic E-state index is 9.18. The van der Waals surface area contributed by atoms with Crippen LogP contribution in [0.15, 0.2) is 28.7 Å². The second-order valence-corrected chi connectivity index (χ2v) is 5.94. The smallest absolute Gasteiger partial charge is 0.226 e. The van der Waals surface area contributed by atoms with Crippen molar-refractivity contribution in [2.75, 3.05) is 0 Å². The summed E-state index contributed by atoms with van der Waals surface area (Å²) in [5.74, 6) is 1.57. The SMILES string of the molecule is N#Cc1n[nH]nc1-c1nc(-c2cccc(Cl)c2)oc1C1CCC1. The van der Waals surface area contributed by atoms with Crippen LogP contribution in [0.5, 0.6) is 0 Å². The fourth-order valence-electron chi connectivity index (χ4n) is 2.67. The van der Waals surface area contributed by atoms with Gasteiger partial charge in [0, 0.05) is 16.5 Å². The van der Waals surface area contributed by atoms with Crippen molar-refractivity contribution in [1.29, 1.82) is 5.26 Å². The van der Waals surface area contributed by atoms with E-state index in [0.29, 0.717) is 28.2 Å². The number of oxazole rings is 1. The molecular formula is C16H12ClN5O. The van der Waals surface area contributed by atoms with Gasteiger partial charge in [0.1, 0.15) is 17.5 Å². The largest absolute Gasteiger partial charge is 0.440 e. The maximum atomic E-state index is 9.18. The first-order valence-electron chi connectivity index (χ1n) is 7.34. The van der Waals surface area contributed by atoms with Gasteiger partial charge in [0.2, 0.25) is 5.89 Å². The number of aromatic amines is 1. The molecule has 0 atom stereocenters. The number of nitrogens with zero attached hydrogens (tertiary/aromatic N) is 4. The molecule has 1 aromatic carbocycles. The van der Waals surface area contributed by atoms with E-state index in [1.54, 1.807) is 12.1 Å². The third-order valence-corrected chi connectivity index (χ3v) is 4.31. The Morgan fingerprint density at radius 2 is 2.13 bits per heavy atom. The first-order valence-corrected chi connectivity index (χ1v) is 7.72. The third-order valence-electron chi connectivity index (χ3n) is 4.08. The predicted molar refractivity (Wildman–Crippen MR) is 83.6 cm³/mol. The van der Waals surface area contributed by atoms with E-state index < -0.39 is 0 Å². The molecule has 0 bridgehead atoms. The average Bonchev–Trinajstić information content (AvgIpc) is 3.11. The lowest BCUT2D eigenvalue weighted by molar-refractivity contribution is 0.351. The van der Waals surface area contributed by atoms with Gasteiger partial charge in [-0.3, -0.25) is 0 Å². The fraction of sp³-hybridized carbons (Fsp3) is 0.250. The minimum atomic E-state index is 0.219. The van der Waals surface area contributed by atoms with Gasteiger partial charge in [0.25, 0.3) is 0 Å². The number of nitriles is 1. The zero-order valence-electron chi connectivity index (χ0n) is 12.1. The first kappa shape index (κ1) is 14.0. The van der Waals surface area contributed by atoms with E-state index in [0.717, 1.165) is 24.2 Å². The molecular weight excluding hydrogens is 314 g/mol. The molecule has 4 rings (SSSR count). The molecule has 7 heteroatoms. The van der Waals surface area contributed by atoms with Crippen LogP contribution in [-0.2, 0) is 0 Å². The lowest BCUT2D eigenvalue weighted by atomic mass is 9.82. The Hall–Kier alpha value is -2.65. The zero-order valence-corrected chi connectivity index (χ0v) is 12.8. The molecule has 3 aromatic rings. The van der Waals surface area contributed by atoms with Crippen LogP contribution in [-0.4, -0.2) is 20.4 Å². The maximum Gasteiger partial charge on any atom is 0.226 e. The van der Waals surface area contributed by atoms with Gasteiger partial charge < -0.3 is 4.42 Å².